The van der Waals surface area contributed by atoms with E-state index in [1.807, 2.05) is 0 Å². The summed E-state index contributed by atoms with van der Waals surface area (Å²) >= 11 is 0. The van der Waals surface area contributed by atoms with Crippen molar-refractivity contribution < 1.29 is 22.8 Å². The molecule has 0 bridgehead atoms. The van der Waals surface area contributed by atoms with Crippen molar-refractivity contribution in [2.45, 2.75) is 19.5 Å². The van der Waals surface area contributed by atoms with Crippen LogP contribution in [0.1, 0.15) is 28.4 Å². The molecule has 2 rings (SSSR count). The largest absolute Gasteiger partial charge is 0.416 e. The molecule has 0 saturated carbocycles. The molecule has 0 radical (unpaired) electrons. The van der Waals surface area contributed by atoms with Gasteiger partial charge in [0.05, 0.1) is 17.7 Å². The lowest BCUT2D eigenvalue weighted by atomic mass is 10.1. The van der Waals surface area contributed by atoms with E-state index in [4.69, 9.17) is 0 Å². The van der Waals surface area contributed by atoms with Gasteiger partial charge in [0.15, 0.2) is 5.78 Å². The van der Waals surface area contributed by atoms with E-state index < -0.39 is 17.6 Å². The Kier molecular flexibility index (Phi) is 4.83. The highest BCUT2D eigenvalue weighted by molar-refractivity contribution is 6.04. The number of rotatable bonds is 4. The quantitative estimate of drug-likeness (QED) is 0.862. The first-order valence-corrected chi connectivity index (χ1v) is 6.83. The predicted molar refractivity (Wildman–Crippen MR) is 80.2 cm³/mol. The van der Waals surface area contributed by atoms with Crippen LogP contribution in [0.15, 0.2) is 48.5 Å². The number of hydrogen-bond donors (Lipinski definition) is 1. The molecule has 120 valence electrons. The zero-order valence-electron chi connectivity index (χ0n) is 12.3. The first kappa shape index (κ1) is 16.7. The number of carbonyl (C=O) groups excluding carboxylic acids is 2. The minimum absolute atomic E-state index is 0.208. The van der Waals surface area contributed by atoms with Gasteiger partial charge in [0.1, 0.15) is 0 Å². The molecule has 0 saturated heterocycles. The molecule has 1 amide bonds. The number of alkyl halides is 3. The normalized spacial score (nSPS) is 11.1. The lowest BCUT2D eigenvalue weighted by Crippen LogP contribution is -2.17. The molecular formula is C17H14F3NO2. The van der Waals surface area contributed by atoms with Gasteiger partial charge < -0.3 is 5.32 Å². The minimum Gasteiger partial charge on any atom is -0.325 e. The highest BCUT2D eigenvalue weighted by Crippen LogP contribution is 2.29. The summed E-state index contributed by atoms with van der Waals surface area (Å²) in [7, 11) is 0. The van der Waals surface area contributed by atoms with E-state index in [0.29, 0.717) is 11.3 Å². The topological polar surface area (TPSA) is 46.2 Å². The smallest absolute Gasteiger partial charge is 0.325 e. The Bertz CT molecular complexity index is 739. The third-order valence-electron chi connectivity index (χ3n) is 3.20. The standard InChI is InChI=1S/C17H14F3NO2/c1-11(22)14-7-2-3-8-15(14)21-16(23)10-12-5-4-6-13(9-12)17(18,19)20/h2-9H,10H2,1H3,(H,21,23). The molecular weight excluding hydrogens is 307 g/mol. The molecule has 0 unspecified atom stereocenters. The molecule has 23 heavy (non-hydrogen) atoms. The Morgan fingerprint density at radius 3 is 2.39 bits per heavy atom. The fourth-order valence-corrected chi connectivity index (χ4v) is 2.14. The van der Waals surface area contributed by atoms with Crippen molar-refractivity contribution in [2.75, 3.05) is 5.32 Å². The molecule has 0 spiro atoms. The second kappa shape index (κ2) is 6.64. The first-order valence-electron chi connectivity index (χ1n) is 6.83. The van der Waals surface area contributed by atoms with Crippen LogP contribution in [0, 0.1) is 0 Å². The summed E-state index contributed by atoms with van der Waals surface area (Å²) in [5.41, 5.74) is 0.145. The Morgan fingerprint density at radius 2 is 1.74 bits per heavy atom. The van der Waals surface area contributed by atoms with Gasteiger partial charge in [-0.25, -0.2) is 0 Å². The van der Waals surface area contributed by atoms with Gasteiger partial charge in [-0.1, -0.05) is 30.3 Å². The van der Waals surface area contributed by atoms with E-state index in [0.717, 1.165) is 12.1 Å². The zero-order valence-corrected chi connectivity index (χ0v) is 12.3. The Morgan fingerprint density at radius 1 is 1.04 bits per heavy atom. The van der Waals surface area contributed by atoms with Gasteiger partial charge in [0.2, 0.25) is 5.91 Å². The number of Topliss-reactive ketones (excluding diaryl/α,β-unsaturated/α-hetero) is 1. The number of halogens is 3. The molecule has 6 heteroatoms. The Hall–Kier alpha value is -2.63. The highest BCUT2D eigenvalue weighted by Gasteiger charge is 2.30. The summed E-state index contributed by atoms with van der Waals surface area (Å²) in [6.07, 6.45) is -4.66. The number of amides is 1. The Labute approximate surface area is 131 Å². The molecule has 0 aromatic heterocycles. The van der Waals surface area contributed by atoms with E-state index in [-0.39, 0.29) is 17.8 Å². The van der Waals surface area contributed by atoms with E-state index >= 15 is 0 Å². The van der Waals surface area contributed by atoms with Crippen molar-refractivity contribution in [1.82, 2.24) is 0 Å². The van der Waals surface area contributed by atoms with Crippen LogP contribution in [0.4, 0.5) is 18.9 Å². The summed E-state index contributed by atoms with van der Waals surface area (Å²) in [5, 5.41) is 2.56. The molecule has 0 heterocycles. The van der Waals surface area contributed by atoms with Gasteiger partial charge in [0, 0.05) is 5.56 Å². The van der Waals surface area contributed by atoms with Gasteiger partial charge in [-0.15, -0.1) is 0 Å². The summed E-state index contributed by atoms with van der Waals surface area (Å²) in [5.74, 6) is -0.696. The molecule has 0 aliphatic heterocycles. The molecule has 0 aliphatic carbocycles. The third-order valence-corrected chi connectivity index (χ3v) is 3.20. The van der Waals surface area contributed by atoms with Crippen molar-refractivity contribution in [3.8, 4) is 0 Å². The molecule has 1 N–H and O–H groups in total. The predicted octanol–water partition coefficient (Wildman–Crippen LogP) is 4.09. The number of carbonyl (C=O) groups is 2. The summed E-state index contributed by atoms with van der Waals surface area (Å²) in [6.45, 7) is 1.37. The van der Waals surface area contributed by atoms with Crippen molar-refractivity contribution in [2.24, 2.45) is 0 Å². The number of hydrogen-bond acceptors (Lipinski definition) is 2. The van der Waals surface area contributed by atoms with Crippen LogP contribution in [0.3, 0.4) is 0 Å². The van der Waals surface area contributed by atoms with Crippen LogP contribution in [0.25, 0.3) is 0 Å². The Balaban J connectivity index is 2.13. The van der Waals surface area contributed by atoms with Gasteiger partial charge in [-0.05, 0) is 30.7 Å². The van der Waals surface area contributed by atoms with Crippen LogP contribution >= 0.6 is 0 Å². The minimum atomic E-state index is -4.45. The molecule has 2 aromatic rings. The van der Waals surface area contributed by atoms with Gasteiger partial charge in [-0.2, -0.15) is 13.2 Å². The van der Waals surface area contributed by atoms with E-state index in [1.54, 1.807) is 24.3 Å². The van der Waals surface area contributed by atoms with Crippen LogP contribution in [-0.4, -0.2) is 11.7 Å². The van der Waals surface area contributed by atoms with Gasteiger partial charge in [-0.3, -0.25) is 9.59 Å². The SMILES string of the molecule is CC(=O)c1ccccc1NC(=O)Cc1cccc(C(F)(F)F)c1. The van der Waals surface area contributed by atoms with Crippen LogP contribution in [0.5, 0.6) is 0 Å². The van der Waals surface area contributed by atoms with Crippen molar-refractivity contribution in [1.29, 1.82) is 0 Å². The maximum atomic E-state index is 12.7. The molecule has 3 nitrogen and oxygen atoms in total. The van der Waals surface area contributed by atoms with E-state index in [2.05, 4.69) is 5.32 Å². The molecule has 0 fully saturated rings. The number of benzene rings is 2. The molecule has 2 aromatic carbocycles. The second-order valence-corrected chi connectivity index (χ2v) is 5.02. The first-order chi connectivity index (χ1) is 10.8. The third kappa shape index (κ3) is 4.42. The zero-order chi connectivity index (χ0) is 17.0. The summed E-state index contributed by atoms with van der Waals surface area (Å²) in [4.78, 5) is 23.5. The summed E-state index contributed by atoms with van der Waals surface area (Å²) < 4.78 is 38.0. The highest BCUT2D eigenvalue weighted by atomic mass is 19.4. The van der Waals surface area contributed by atoms with Crippen LogP contribution in [-0.2, 0) is 17.4 Å². The number of ketones is 1. The number of nitrogens with one attached hydrogen (secondary N) is 1. The monoisotopic (exact) mass is 321 g/mol. The second-order valence-electron chi connectivity index (χ2n) is 5.02. The molecule has 0 aliphatic rings. The fourth-order valence-electron chi connectivity index (χ4n) is 2.14. The average Bonchev–Trinajstić information content (AvgIpc) is 2.46. The fraction of sp³-hybridized carbons (Fsp3) is 0.176. The maximum absolute atomic E-state index is 12.7. The van der Waals surface area contributed by atoms with Crippen molar-refractivity contribution >= 4 is 17.4 Å². The van der Waals surface area contributed by atoms with Crippen molar-refractivity contribution in [3.05, 3.63) is 65.2 Å². The number of anilines is 1. The van der Waals surface area contributed by atoms with Gasteiger partial charge in [0.25, 0.3) is 0 Å². The number of para-hydroxylation sites is 1. The lowest BCUT2D eigenvalue weighted by molar-refractivity contribution is -0.137. The maximum Gasteiger partial charge on any atom is 0.416 e. The summed E-state index contributed by atoms with van der Waals surface area (Å²) in [6, 6.07) is 11.1. The molecule has 0 atom stereocenters. The van der Waals surface area contributed by atoms with Crippen molar-refractivity contribution in [3.63, 3.8) is 0 Å². The van der Waals surface area contributed by atoms with E-state index in [9.17, 15) is 22.8 Å². The van der Waals surface area contributed by atoms with E-state index in [1.165, 1.54) is 19.1 Å². The van der Waals surface area contributed by atoms with Crippen LogP contribution < -0.4 is 5.32 Å². The van der Waals surface area contributed by atoms with Crippen LogP contribution in [0.2, 0.25) is 0 Å². The lowest BCUT2D eigenvalue weighted by Gasteiger charge is -2.10. The van der Waals surface area contributed by atoms with Gasteiger partial charge >= 0.3 is 6.18 Å². The average molecular weight is 321 g/mol.